The minimum Gasteiger partial charge on any atom is -0.484 e. The van der Waals surface area contributed by atoms with Gasteiger partial charge in [0.05, 0.1) is 6.54 Å². The van der Waals surface area contributed by atoms with Gasteiger partial charge in [-0.15, -0.1) is 24.0 Å². The van der Waals surface area contributed by atoms with E-state index in [1.54, 1.807) is 0 Å². The molecule has 28 heavy (non-hydrogen) atoms. The molecule has 2 aliphatic heterocycles. The molecular weight excluding hydrogens is 469 g/mol. The molecule has 1 atom stereocenters. The lowest BCUT2D eigenvalue weighted by molar-refractivity contribution is -0.119. The van der Waals surface area contributed by atoms with Gasteiger partial charge in [-0.2, -0.15) is 0 Å². The number of halogens is 1. The molecule has 156 valence electrons. The monoisotopic (exact) mass is 501 g/mol. The van der Waals surface area contributed by atoms with Crippen LogP contribution in [0.1, 0.15) is 31.7 Å². The summed E-state index contributed by atoms with van der Waals surface area (Å²) >= 11 is 0. The van der Waals surface area contributed by atoms with E-state index in [2.05, 4.69) is 22.0 Å². The van der Waals surface area contributed by atoms with Crippen molar-refractivity contribution in [2.45, 2.75) is 38.8 Å². The zero-order chi connectivity index (χ0) is 19.1. The molecule has 0 saturated carbocycles. The highest BCUT2D eigenvalue weighted by Gasteiger charge is 2.30. The highest BCUT2D eigenvalue weighted by Crippen LogP contribution is 2.21. The number of hydrogen-bond acceptors (Lipinski definition) is 4. The van der Waals surface area contributed by atoms with Gasteiger partial charge in [-0.05, 0) is 57.0 Å². The van der Waals surface area contributed by atoms with Crippen LogP contribution in [0.2, 0.25) is 0 Å². The van der Waals surface area contributed by atoms with E-state index in [9.17, 15) is 4.79 Å². The van der Waals surface area contributed by atoms with Crippen LogP contribution in [-0.4, -0.2) is 67.0 Å². The molecule has 3 N–H and O–H groups in total. The zero-order valence-electron chi connectivity index (χ0n) is 16.6. The van der Waals surface area contributed by atoms with E-state index in [1.807, 2.05) is 24.3 Å². The molecule has 0 bridgehead atoms. The largest absolute Gasteiger partial charge is 0.484 e. The predicted molar refractivity (Wildman–Crippen MR) is 122 cm³/mol. The molecule has 7 nitrogen and oxygen atoms in total. The van der Waals surface area contributed by atoms with Crippen molar-refractivity contribution in [2.24, 2.45) is 10.7 Å². The number of amides is 1. The van der Waals surface area contributed by atoms with Crippen LogP contribution >= 0.6 is 24.0 Å². The van der Waals surface area contributed by atoms with Crippen molar-refractivity contribution in [3.63, 3.8) is 0 Å². The van der Waals surface area contributed by atoms with E-state index in [4.69, 9.17) is 15.5 Å². The maximum absolute atomic E-state index is 10.9. The number of guanidine groups is 1. The molecule has 1 aromatic rings. The van der Waals surface area contributed by atoms with Gasteiger partial charge >= 0.3 is 0 Å². The van der Waals surface area contributed by atoms with Crippen LogP contribution in [0.15, 0.2) is 29.3 Å². The molecule has 2 fully saturated rings. The van der Waals surface area contributed by atoms with Gasteiger partial charge in [0.15, 0.2) is 12.6 Å². The average molecular weight is 501 g/mol. The van der Waals surface area contributed by atoms with Gasteiger partial charge < -0.3 is 20.7 Å². The van der Waals surface area contributed by atoms with Crippen molar-refractivity contribution in [1.29, 1.82) is 0 Å². The Morgan fingerprint density at radius 2 is 2.11 bits per heavy atom. The Kier molecular flexibility index (Phi) is 9.30. The molecule has 8 heteroatoms. The first-order chi connectivity index (χ1) is 13.2. The van der Waals surface area contributed by atoms with Crippen LogP contribution in [0.3, 0.4) is 0 Å². The van der Waals surface area contributed by atoms with Crippen LogP contribution < -0.4 is 15.8 Å². The number of aliphatic imine (C=N–C) groups is 1. The standard InChI is InChI=1S/C20H31N5O2.HI/c1-2-22-20(25-11-8-17(14-25)24-9-3-4-10-24)23-13-16-6-5-7-18(12-16)27-15-19(21)26;/h5-7,12,17H,2-4,8-11,13-15H2,1H3,(H2,21,26)(H,22,23);1H. The molecule has 2 heterocycles. The summed E-state index contributed by atoms with van der Waals surface area (Å²) in [4.78, 5) is 20.7. The van der Waals surface area contributed by atoms with E-state index in [1.165, 1.54) is 32.4 Å². The molecule has 0 aliphatic carbocycles. The minimum absolute atomic E-state index is 0. The Balaban J connectivity index is 0.00000280. The number of nitrogens with one attached hydrogen (secondary N) is 1. The SMILES string of the molecule is CCNC(=NCc1cccc(OCC(N)=O)c1)N1CCC(N2CCCC2)C1.I. The summed E-state index contributed by atoms with van der Waals surface area (Å²) in [6.07, 6.45) is 3.87. The number of rotatable bonds is 7. The van der Waals surface area contributed by atoms with Gasteiger partial charge in [-0.3, -0.25) is 9.69 Å². The Labute approximate surface area is 184 Å². The fourth-order valence-electron chi connectivity index (χ4n) is 3.82. The number of carbonyl (C=O) groups excluding carboxylic acids is 1. The van der Waals surface area contributed by atoms with Crippen molar-refractivity contribution in [2.75, 3.05) is 39.3 Å². The molecule has 2 aliphatic rings. The number of benzene rings is 1. The van der Waals surface area contributed by atoms with Gasteiger partial charge in [0.2, 0.25) is 0 Å². The molecule has 2 saturated heterocycles. The second kappa shape index (κ2) is 11.5. The second-order valence-electron chi connectivity index (χ2n) is 7.20. The quantitative estimate of drug-likeness (QED) is 0.339. The third kappa shape index (κ3) is 6.51. The van der Waals surface area contributed by atoms with Crippen LogP contribution in [-0.2, 0) is 11.3 Å². The Bertz CT molecular complexity index is 664. The Morgan fingerprint density at radius 3 is 2.82 bits per heavy atom. The summed E-state index contributed by atoms with van der Waals surface area (Å²) in [6.45, 7) is 7.99. The van der Waals surface area contributed by atoms with Crippen molar-refractivity contribution < 1.29 is 9.53 Å². The fourth-order valence-corrected chi connectivity index (χ4v) is 3.82. The third-order valence-electron chi connectivity index (χ3n) is 5.15. The number of hydrogen-bond donors (Lipinski definition) is 2. The van der Waals surface area contributed by atoms with E-state index < -0.39 is 5.91 Å². The summed E-state index contributed by atoms with van der Waals surface area (Å²) in [5.74, 6) is 1.14. The van der Waals surface area contributed by atoms with E-state index in [0.29, 0.717) is 18.3 Å². The number of carbonyl (C=O) groups is 1. The average Bonchev–Trinajstić information content (AvgIpc) is 3.35. The zero-order valence-corrected chi connectivity index (χ0v) is 18.9. The Morgan fingerprint density at radius 1 is 1.32 bits per heavy atom. The fraction of sp³-hybridized carbons (Fsp3) is 0.600. The molecular formula is C20H32IN5O2. The van der Waals surface area contributed by atoms with Crippen molar-refractivity contribution >= 4 is 35.8 Å². The lowest BCUT2D eigenvalue weighted by Gasteiger charge is -2.25. The van der Waals surface area contributed by atoms with Crippen molar-refractivity contribution in [3.05, 3.63) is 29.8 Å². The van der Waals surface area contributed by atoms with Crippen LogP contribution in [0, 0.1) is 0 Å². The van der Waals surface area contributed by atoms with Gasteiger partial charge in [-0.1, -0.05) is 12.1 Å². The number of ether oxygens (including phenoxy) is 1. The van der Waals surface area contributed by atoms with Crippen LogP contribution in [0.5, 0.6) is 5.75 Å². The molecule has 3 rings (SSSR count). The molecule has 0 aromatic heterocycles. The molecule has 0 spiro atoms. The molecule has 0 radical (unpaired) electrons. The molecule has 1 unspecified atom stereocenters. The van der Waals surface area contributed by atoms with E-state index in [-0.39, 0.29) is 30.6 Å². The molecule has 1 aromatic carbocycles. The van der Waals surface area contributed by atoms with Crippen molar-refractivity contribution in [1.82, 2.24) is 15.1 Å². The van der Waals surface area contributed by atoms with E-state index in [0.717, 1.165) is 31.2 Å². The third-order valence-corrected chi connectivity index (χ3v) is 5.15. The normalized spacial score (nSPS) is 20.1. The summed E-state index contributed by atoms with van der Waals surface area (Å²) < 4.78 is 5.38. The lowest BCUT2D eigenvalue weighted by atomic mass is 10.2. The smallest absolute Gasteiger partial charge is 0.255 e. The number of nitrogens with two attached hydrogens (primary N) is 1. The van der Waals surface area contributed by atoms with Gasteiger partial charge in [0.25, 0.3) is 5.91 Å². The summed E-state index contributed by atoms with van der Waals surface area (Å²) in [6, 6.07) is 8.31. The van der Waals surface area contributed by atoms with E-state index >= 15 is 0 Å². The van der Waals surface area contributed by atoms with Gasteiger partial charge in [-0.25, -0.2) is 4.99 Å². The summed E-state index contributed by atoms with van der Waals surface area (Å²) in [7, 11) is 0. The van der Waals surface area contributed by atoms with Crippen LogP contribution in [0.4, 0.5) is 0 Å². The first kappa shape index (κ1) is 22.7. The highest BCUT2D eigenvalue weighted by molar-refractivity contribution is 14.0. The minimum atomic E-state index is -0.477. The number of nitrogens with zero attached hydrogens (tertiary/aromatic N) is 3. The summed E-state index contributed by atoms with van der Waals surface area (Å²) in [5.41, 5.74) is 6.18. The lowest BCUT2D eigenvalue weighted by Crippen LogP contribution is -2.42. The van der Waals surface area contributed by atoms with Gasteiger partial charge in [0.1, 0.15) is 5.75 Å². The first-order valence-electron chi connectivity index (χ1n) is 9.93. The second-order valence-corrected chi connectivity index (χ2v) is 7.20. The summed E-state index contributed by atoms with van der Waals surface area (Å²) in [5, 5.41) is 3.43. The molecule has 1 amide bonds. The van der Waals surface area contributed by atoms with Crippen LogP contribution in [0.25, 0.3) is 0 Å². The van der Waals surface area contributed by atoms with Gasteiger partial charge in [0, 0.05) is 25.7 Å². The first-order valence-corrected chi connectivity index (χ1v) is 9.93. The Hall–Kier alpha value is -1.55. The topological polar surface area (TPSA) is 83.2 Å². The maximum atomic E-state index is 10.9. The number of primary amides is 1. The maximum Gasteiger partial charge on any atom is 0.255 e. The number of likely N-dealkylation sites (tertiary alicyclic amines) is 2. The predicted octanol–water partition coefficient (Wildman–Crippen LogP) is 1.80. The van der Waals surface area contributed by atoms with Crippen molar-refractivity contribution in [3.8, 4) is 5.75 Å². The highest BCUT2D eigenvalue weighted by atomic mass is 127.